The molecule has 0 saturated carbocycles. The van der Waals surface area contributed by atoms with E-state index in [0.717, 1.165) is 6.61 Å². The summed E-state index contributed by atoms with van der Waals surface area (Å²) in [6.45, 7) is 3.30. The molecule has 1 unspecified atom stereocenters. The molecule has 1 fully saturated rings. The summed E-state index contributed by atoms with van der Waals surface area (Å²) < 4.78 is 7.72. The Balaban J connectivity index is 2.14. The van der Waals surface area contributed by atoms with Crippen molar-refractivity contribution in [3.8, 4) is 0 Å². The predicted octanol–water partition coefficient (Wildman–Crippen LogP) is 5.30. The summed E-state index contributed by atoms with van der Waals surface area (Å²) in [7, 11) is 0. The van der Waals surface area contributed by atoms with E-state index in [1.807, 2.05) is 0 Å². The van der Waals surface area contributed by atoms with Crippen molar-refractivity contribution in [3.05, 3.63) is 71.8 Å². The van der Waals surface area contributed by atoms with Gasteiger partial charge in [-0.15, -0.1) is 0 Å². The second kappa shape index (κ2) is 5.68. The van der Waals surface area contributed by atoms with E-state index in [0.29, 0.717) is 0 Å². The number of hydrogen-bond acceptors (Lipinski definition) is 1. The van der Waals surface area contributed by atoms with Crippen LogP contribution in [0.15, 0.2) is 60.7 Å². The summed E-state index contributed by atoms with van der Waals surface area (Å²) in [6.07, 6.45) is 0. The van der Waals surface area contributed by atoms with Crippen LogP contribution in [0.2, 0.25) is 19.3 Å². The molecule has 1 aliphatic rings. The van der Waals surface area contributed by atoms with E-state index in [1.165, 1.54) is 15.6 Å². The van der Waals surface area contributed by atoms with Gasteiger partial charge in [-0.25, -0.2) is 0 Å². The van der Waals surface area contributed by atoms with E-state index in [1.54, 1.807) is 0 Å². The van der Waals surface area contributed by atoms with Crippen LogP contribution < -0.4 is 0 Å². The molecule has 3 rings (SSSR count). The SMILES string of the molecule is CC1([CH2][Sn]([CH3])([CH3])[CH3])COC1(c1ccccc1)c1ccccc1. The van der Waals surface area contributed by atoms with Crippen LogP contribution in [-0.4, -0.2) is 25.0 Å². The van der Waals surface area contributed by atoms with Crippen LogP contribution in [0, 0.1) is 5.41 Å². The quantitative estimate of drug-likeness (QED) is 0.632. The zero-order chi connectivity index (χ0) is 15.8. The second-order valence-corrected chi connectivity index (χ2v) is 23.6. The maximum absolute atomic E-state index is 6.39. The molecule has 0 aromatic heterocycles. The Morgan fingerprint density at radius 1 is 0.864 bits per heavy atom. The molecule has 116 valence electrons. The minimum atomic E-state index is -1.95. The van der Waals surface area contributed by atoms with Gasteiger partial charge in [-0.1, -0.05) is 0 Å². The molecule has 0 aliphatic carbocycles. The molecule has 1 saturated heterocycles. The molecule has 22 heavy (non-hydrogen) atoms. The van der Waals surface area contributed by atoms with Gasteiger partial charge in [0.2, 0.25) is 0 Å². The maximum atomic E-state index is 6.39. The van der Waals surface area contributed by atoms with Crippen molar-refractivity contribution in [1.82, 2.24) is 0 Å². The Bertz CT molecular complexity index is 590. The first-order valence-electron chi connectivity index (χ1n) is 8.12. The molecule has 2 heteroatoms. The third kappa shape index (κ3) is 2.63. The number of rotatable bonds is 4. The van der Waals surface area contributed by atoms with Crippen LogP contribution in [0.5, 0.6) is 0 Å². The van der Waals surface area contributed by atoms with Crippen molar-refractivity contribution in [2.45, 2.75) is 31.8 Å². The Kier molecular flexibility index (Phi) is 4.15. The molecule has 2 aromatic carbocycles. The van der Waals surface area contributed by atoms with Gasteiger partial charge in [-0.3, -0.25) is 0 Å². The van der Waals surface area contributed by atoms with Crippen LogP contribution in [0.3, 0.4) is 0 Å². The number of ether oxygens (including phenoxy) is 1. The molecule has 1 heterocycles. The molecule has 1 aliphatic heterocycles. The molecule has 1 nitrogen and oxygen atoms in total. The Hall–Kier alpha value is -0.801. The normalized spacial score (nSPS) is 23.8. The second-order valence-electron chi connectivity index (χ2n) is 8.00. The monoisotopic (exact) mass is 402 g/mol. The van der Waals surface area contributed by atoms with E-state index in [9.17, 15) is 0 Å². The minimum absolute atomic E-state index is 0.198. The van der Waals surface area contributed by atoms with Gasteiger partial charge < -0.3 is 0 Å². The Labute approximate surface area is 138 Å². The first-order chi connectivity index (χ1) is 10.4. The van der Waals surface area contributed by atoms with E-state index < -0.39 is 18.4 Å². The summed E-state index contributed by atoms with van der Waals surface area (Å²) >= 11 is -1.95. The molecular weight excluding hydrogens is 375 g/mol. The van der Waals surface area contributed by atoms with Gasteiger partial charge in [-0.05, 0) is 0 Å². The first-order valence-corrected chi connectivity index (χ1v) is 18.7. The van der Waals surface area contributed by atoms with Gasteiger partial charge >= 0.3 is 139 Å². The topological polar surface area (TPSA) is 9.23 Å². The van der Waals surface area contributed by atoms with Crippen molar-refractivity contribution in [3.63, 3.8) is 0 Å². The Morgan fingerprint density at radius 2 is 1.32 bits per heavy atom. The summed E-state index contributed by atoms with van der Waals surface area (Å²) in [5.74, 6) is 0. The van der Waals surface area contributed by atoms with Gasteiger partial charge in [0.05, 0.1) is 0 Å². The third-order valence-electron chi connectivity index (χ3n) is 4.74. The number of benzene rings is 2. The zero-order valence-electron chi connectivity index (χ0n) is 14.1. The summed E-state index contributed by atoms with van der Waals surface area (Å²) in [5, 5.41) is 0. The standard InChI is InChI=1S/C17H17O.3CH3.Sn/c1-16(2)13-18-17(16,14-9-5-3-6-10-14)15-11-7-4-8-12-15;;;;/h3-12H,1,13H2,2H3;3*1H3;. The molecule has 0 radical (unpaired) electrons. The predicted molar refractivity (Wildman–Crippen MR) is 95.9 cm³/mol. The van der Waals surface area contributed by atoms with E-state index in [2.05, 4.69) is 82.4 Å². The van der Waals surface area contributed by atoms with Crippen molar-refractivity contribution in [1.29, 1.82) is 0 Å². The van der Waals surface area contributed by atoms with Gasteiger partial charge in [0.15, 0.2) is 0 Å². The number of hydrogen-bond donors (Lipinski definition) is 0. The third-order valence-corrected chi connectivity index (χ3v) is 9.99. The average Bonchev–Trinajstić information content (AvgIpc) is 2.47. The Morgan fingerprint density at radius 3 is 1.64 bits per heavy atom. The molecule has 0 bridgehead atoms. The van der Waals surface area contributed by atoms with Gasteiger partial charge in [0.25, 0.3) is 0 Å². The summed E-state index contributed by atoms with van der Waals surface area (Å²) in [4.78, 5) is 7.58. The van der Waals surface area contributed by atoms with Crippen LogP contribution in [0.25, 0.3) is 0 Å². The van der Waals surface area contributed by atoms with Crippen molar-refractivity contribution < 1.29 is 4.74 Å². The first kappa shape index (κ1) is 16.1. The van der Waals surface area contributed by atoms with Crippen molar-refractivity contribution in [2.75, 3.05) is 6.61 Å². The van der Waals surface area contributed by atoms with Crippen molar-refractivity contribution in [2.24, 2.45) is 5.41 Å². The zero-order valence-corrected chi connectivity index (χ0v) is 17.0. The van der Waals surface area contributed by atoms with Gasteiger partial charge in [0, 0.05) is 0 Å². The average molecular weight is 401 g/mol. The fourth-order valence-electron chi connectivity index (χ4n) is 4.18. The fourth-order valence-corrected chi connectivity index (χ4v) is 11.9. The molecule has 1 atom stereocenters. The van der Waals surface area contributed by atoms with Crippen LogP contribution in [-0.2, 0) is 10.3 Å². The molecule has 2 aromatic rings. The summed E-state index contributed by atoms with van der Waals surface area (Å²) in [5.41, 5.74) is 2.51. The van der Waals surface area contributed by atoms with E-state index in [-0.39, 0.29) is 11.0 Å². The van der Waals surface area contributed by atoms with Crippen LogP contribution in [0.4, 0.5) is 0 Å². The van der Waals surface area contributed by atoms with Gasteiger partial charge in [-0.2, -0.15) is 0 Å². The summed E-state index contributed by atoms with van der Waals surface area (Å²) in [6, 6.07) is 21.6. The van der Waals surface area contributed by atoms with Crippen molar-refractivity contribution >= 4 is 18.4 Å². The van der Waals surface area contributed by atoms with Gasteiger partial charge in [0.1, 0.15) is 0 Å². The van der Waals surface area contributed by atoms with E-state index in [4.69, 9.17) is 4.74 Å². The van der Waals surface area contributed by atoms with Crippen LogP contribution >= 0.6 is 0 Å². The molecule has 0 N–H and O–H groups in total. The molecule has 0 amide bonds. The molecule has 0 spiro atoms. The fraction of sp³-hybridized carbons (Fsp3) is 0.400. The molecular formula is C20H26OSn. The van der Waals surface area contributed by atoms with Crippen LogP contribution in [0.1, 0.15) is 18.1 Å². The van der Waals surface area contributed by atoms with E-state index >= 15 is 0 Å².